The molecule has 0 aromatic heterocycles. The van der Waals surface area contributed by atoms with Gasteiger partial charge in [0.2, 0.25) is 0 Å². The van der Waals surface area contributed by atoms with E-state index in [1.165, 1.54) is 23.2 Å². The van der Waals surface area contributed by atoms with Crippen LogP contribution in [-0.2, 0) is 13.1 Å². The van der Waals surface area contributed by atoms with E-state index in [1.807, 2.05) is 0 Å². The van der Waals surface area contributed by atoms with Crippen molar-refractivity contribution in [1.29, 1.82) is 0 Å². The van der Waals surface area contributed by atoms with E-state index in [2.05, 4.69) is 91.0 Å². The molecule has 3 aromatic rings. The van der Waals surface area contributed by atoms with E-state index in [9.17, 15) is 0 Å². The molecule has 3 aromatic carbocycles. The topological polar surface area (TPSA) is 0 Å². The summed E-state index contributed by atoms with van der Waals surface area (Å²) in [5.74, 6) is 0. The van der Waals surface area contributed by atoms with Gasteiger partial charge in [0.15, 0.2) is 6.04 Å². The first-order chi connectivity index (χ1) is 11.4. The SMILES string of the molecule is c1ccc(C[N+]2(Cc3ccccc3)C[C@@H]2c2ccccc2)cc1. The van der Waals surface area contributed by atoms with Crippen LogP contribution in [0.2, 0.25) is 0 Å². The van der Waals surface area contributed by atoms with E-state index in [0.717, 1.165) is 17.6 Å². The number of hydrogen-bond donors (Lipinski definition) is 0. The fraction of sp³-hybridized carbons (Fsp3) is 0.182. The Morgan fingerprint density at radius 1 is 0.609 bits per heavy atom. The molecular weight excluding hydrogens is 278 g/mol. The van der Waals surface area contributed by atoms with Crippen molar-refractivity contribution in [3.05, 3.63) is 108 Å². The fourth-order valence-electron chi connectivity index (χ4n) is 3.69. The van der Waals surface area contributed by atoms with Gasteiger partial charge in [-0.2, -0.15) is 0 Å². The predicted octanol–water partition coefficient (Wildman–Crippen LogP) is 4.96. The number of rotatable bonds is 5. The van der Waals surface area contributed by atoms with Gasteiger partial charge in [-0.15, -0.1) is 0 Å². The van der Waals surface area contributed by atoms with E-state index in [-0.39, 0.29) is 0 Å². The van der Waals surface area contributed by atoms with Gasteiger partial charge in [-0.05, 0) is 0 Å². The smallest absolute Gasteiger partial charge is 0.165 e. The third-order valence-electron chi connectivity index (χ3n) is 4.93. The van der Waals surface area contributed by atoms with Crippen molar-refractivity contribution in [1.82, 2.24) is 0 Å². The molecule has 0 amide bonds. The summed E-state index contributed by atoms with van der Waals surface area (Å²) in [5.41, 5.74) is 4.34. The van der Waals surface area contributed by atoms with Crippen molar-refractivity contribution >= 4 is 0 Å². The third-order valence-corrected chi connectivity index (χ3v) is 4.93. The normalized spacial score (nSPS) is 18.5. The maximum absolute atomic E-state index is 2.28. The van der Waals surface area contributed by atoms with E-state index in [0.29, 0.717) is 6.04 Å². The Hall–Kier alpha value is -2.38. The molecular formula is C22H22N+. The van der Waals surface area contributed by atoms with Crippen molar-refractivity contribution in [3.8, 4) is 0 Å². The van der Waals surface area contributed by atoms with E-state index < -0.39 is 0 Å². The lowest BCUT2D eigenvalue weighted by atomic mass is 10.1. The molecule has 0 saturated carbocycles. The Balaban J connectivity index is 1.62. The molecule has 0 aliphatic carbocycles. The molecule has 0 unspecified atom stereocenters. The Morgan fingerprint density at radius 3 is 1.52 bits per heavy atom. The third kappa shape index (κ3) is 3.06. The van der Waals surface area contributed by atoms with Gasteiger partial charge in [0.25, 0.3) is 0 Å². The second-order valence-electron chi connectivity index (χ2n) is 6.62. The lowest BCUT2D eigenvalue weighted by molar-refractivity contribution is -0.845. The Morgan fingerprint density at radius 2 is 1.04 bits per heavy atom. The zero-order valence-electron chi connectivity index (χ0n) is 13.3. The van der Waals surface area contributed by atoms with Crippen LogP contribution in [0.4, 0.5) is 0 Å². The van der Waals surface area contributed by atoms with Crippen LogP contribution < -0.4 is 0 Å². The fourth-order valence-corrected chi connectivity index (χ4v) is 3.69. The number of quaternary nitrogens is 1. The molecule has 4 rings (SSSR count). The quantitative estimate of drug-likeness (QED) is 0.461. The summed E-state index contributed by atoms with van der Waals surface area (Å²) in [7, 11) is 0. The molecule has 0 radical (unpaired) electrons. The zero-order chi connectivity index (χ0) is 15.5. The molecule has 1 atom stereocenters. The number of hydrogen-bond acceptors (Lipinski definition) is 0. The van der Waals surface area contributed by atoms with Crippen molar-refractivity contribution in [2.24, 2.45) is 0 Å². The second-order valence-corrected chi connectivity index (χ2v) is 6.62. The van der Waals surface area contributed by atoms with E-state index in [4.69, 9.17) is 0 Å². The molecule has 1 aliphatic heterocycles. The van der Waals surface area contributed by atoms with Gasteiger partial charge in [-0.1, -0.05) is 91.0 Å². The summed E-state index contributed by atoms with van der Waals surface area (Å²) < 4.78 is 1.14. The van der Waals surface area contributed by atoms with Gasteiger partial charge in [0, 0.05) is 16.7 Å². The highest BCUT2D eigenvalue weighted by Gasteiger charge is 2.55. The maximum atomic E-state index is 2.28. The molecule has 0 spiro atoms. The molecule has 1 aliphatic rings. The second kappa shape index (κ2) is 6.02. The molecule has 1 saturated heterocycles. The van der Waals surface area contributed by atoms with Gasteiger partial charge < -0.3 is 0 Å². The van der Waals surface area contributed by atoms with Crippen LogP contribution in [0, 0.1) is 0 Å². The molecule has 0 N–H and O–H groups in total. The Kier molecular flexibility index (Phi) is 3.72. The van der Waals surface area contributed by atoms with Crippen LogP contribution in [0.5, 0.6) is 0 Å². The average molecular weight is 300 g/mol. The van der Waals surface area contributed by atoms with E-state index >= 15 is 0 Å². The lowest BCUT2D eigenvalue weighted by Crippen LogP contribution is -2.25. The first kappa shape index (κ1) is 14.2. The van der Waals surface area contributed by atoms with Crippen LogP contribution >= 0.6 is 0 Å². The Bertz CT molecular complexity index is 708. The molecule has 1 nitrogen and oxygen atoms in total. The largest absolute Gasteiger partial charge is 0.300 e. The van der Waals surface area contributed by atoms with Crippen LogP contribution in [0.3, 0.4) is 0 Å². The van der Waals surface area contributed by atoms with Gasteiger partial charge in [0.1, 0.15) is 19.6 Å². The van der Waals surface area contributed by atoms with Crippen LogP contribution in [0.25, 0.3) is 0 Å². The highest BCUT2D eigenvalue weighted by Crippen LogP contribution is 2.48. The van der Waals surface area contributed by atoms with Crippen molar-refractivity contribution < 1.29 is 4.48 Å². The van der Waals surface area contributed by atoms with Crippen LogP contribution in [0.15, 0.2) is 91.0 Å². The summed E-state index contributed by atoms with van der Waals surface area (Å²) >= 11 is 0. The van der Waals surface area contributed by atoms with Crippen molar-refractivity contribution in [2.45, 2.75) is 19.1 Å². The number of nitrogens with zero attached hydrogens (tertiary/aromatic N) is 1. The standard InChI is InChI=1S/C22H22N/c1-4-10-19(11-5-1)16-23(17-20-12-6-2-7-13-20)18-22(23)21-14-8-3-9-15-21/h1-15,22H,16-18H2/q+1/t22-/m1/s1. The minimum Gasteiger partial charge on any atom is -0.300 e. The monoisotopic (exact) mass is 300 g/mol. The zero-order valence-corrected chi connectivity index (χ0v) is 13.3. The van der Waals surface area contributed by atoms with Gasteiger partial charge in [0.05, 0.1) is 0 Å². The van der Waals surface area contributed by atoms with Crippen LogP contribution in [0.1, 0.15) is 22.7 Å². The molecule has 0 bridgehead atoms. The first-order valence-corrected chi connectivity index (χ1v) is 8.34. The molecule has 23 heavy (non-hydrogen) atoms. The molecule has 1 heteroatoms. The predicted molar refractivity (Wildman–Crippen MR) is 94.6 cm³/mol. The highest BCUT2D eigenvalue weighted by molar-refractivity contribution is 5.22. The lowest BCUT2D eigenvalue weighted by Gasteiger charge is -2.21. The summed E-state index contributed by atoms with van der Waals surface area (Å²) in [6, 6.07) is 33.4. The van der Waals surface area contributed by atoms with Gasteiger partial charge in [-0.3, -0.25) is 4.48 Å². The molecule has 1 heterocycles. The van der Waals surface area contributed by atoms with Gasteiger partial charge >= 0.3 is 0 Å². The summed E-state index contributed by atoms with van der Waals surface area (Å²) in [4.78, 5) is 0. The summed E-state index contributed by atoms with van der Waals surface area (Å²) in [5, 5.41) is 0. The molecule has 1 fully saturated rings. The van der Waals surface area contributed by atoms with Crippen molar-refractivity contribution in [3.63, 3.8) is 0 Å². The molecule has 114 valence electrons. The number of benzene rings is 3. The average Bonchev–Trinajstić information content (AvgIpc) is 3.31. The minimum atomic E-state index is 0.622. The summed E-state index contributed by atoms with van der Waals surface area (Å²) in [6.45, 7) is 3.44. The minimum absolute atomic E-state index is 0.622. The summed E-state index contributed by atoms with van der Waals surface area (Å²) in [6.07, 6.45) is 0. The highest BCUT2D eigenvalue weighted by atomic mass is 15.5. The van der Waals surface area contributed by atoms with Gasteiger partial charge in [-0.25, -0.2) is 0 Å². The Labute approximate surface area is 138 Å². The maximum Gasteiger partial charge on any atom is 0.165 e. The van der Waals surface area contributed by atoms with E-state index in [1.54, 1.807) is 0 Å². The first-order valence-electron chi connectivity index (χ1n) is 8.34. The van der Waals surface area contributed by atoms with Crippen LogP contribution in [-0.4, -0.2) is 11.0 Å². The van der Waals surface area contributed by atoms with Crippen molar-refractivity contribution in [2.75, 3.05) is 6.54 Å².